The molecular formula is C14H18ClFN2O2. The first-order chi connectivity index (χ1) is 9.55. The van der Waals surface area contributed by atoms with Crippen molar-refractivity contribution >= 4 is 17.5 Å². The van der Waals surface area contributed by atoms with E-state index in [0.29, 0.717) is 19.6 Å². The maximum atomic E-state index is 13.4. The molecule has 20 heavy (non-hydrogen) atoms. The lowest BCUT2D eigenvalue weighted by Gasteiger charge is -2.15. The fourth-order valence-electron chi connectivity index (χ4n) is 2.65. The van der Waals surface area contributed by atoms with Gasteiger partial charge >= 0.3 is 0 Å². The summed E-state index contributed by atoms with van der Waals surface area (Å²) in [6.45, 7) is 1.70. The van der Waals surface area contributed by atoms with E-state index in [-0.39, 0.29) is 29.4 Å². The van der Waals surface area contributed by atoms with E-state index >= 15 is 0 Å². The normalized spacial score (nSPS) is 23.0. The SMILES string of the molecule is CNC(=O)[C@@H]1CN(Cc2ccc(Cl)c(F)c2)C[C@H]1CO. The standard InChI is InChI=1S/C14H18ClFN2O2/c1-17-14(20)11-7-18(6-10(11)8-19)5-9-2-3-12(15)13(16)4-9/h2-4,10-11,19H,5-8H2,1H3,(H,17,20)/t10-,11+/m0/s1. The van der Waals surface area contributed by atoms with Gasteiger partial charge < -0.3 is 10.4 Å². The van der Waals surface area contributed by atoms with Crippen LogP contribution in [0.2, 0.25) is 5.02 Å². The van der Waals surface area contributed by atoms with Crippen LogP contribution in [0.1, 0.15) is 5.56 Å². The molecule has 1 aliphatic heterocycles. The van der Waals surface area contributed by atoms with Gasteiger partial charge in [0.05, 0.1) is 10.9 Å². The van der Waals surface area contributed by atoms with Crippen LogP contribution in [0.25, 0.3) is 0 Å². The van der Waals surface area contributed by atoms with Crippen molar-refractivity contribution in [1.82, 2.24) is 10.2 Å². The van der Waals surface area contributed by atoms with Gasteiger partial charge in [0.25, 0.3) is 0 Å². The van der Waals surface area contributed by atoms with Gasteiger partial charge in [-0.2, -0.15) is 0 Å². The summed E-state index contributed by atoms with van der Waals surface area (Å²) >= 11 is 5.65. The summed E-state index contributed by atoms with van der Waals surface area (Å²) in [7, 11) is 1.59. The number of aliphatic hydroxyl groups is 1. The summed E-state index contributed by atoms with van der Waals surface area (Å²) in [4.78, 5) is 13.8. The van der Waals surface area contributed by atoms with Crippen LogP contribution < -0.4 is 5.32 Å². The molecule has 0 spiro atoms. The molecule has 2 N–H and O–H groups in total. The van der Waals surface area contributed by atoms with Crippen molar-refractivity contribution in [3.05, 3.63) is 34.6 Å². The van der Waals surface area contributed by atoms with Crippen LogP contribution in [-0.2, 0) is 11.3 Å². The minimum absolute atomic E-state index is 0.0242. The Hall–Kier alpha value is -1.17. The fourth-order valence-corrected chi connectivity index (χ4v) is 2.77. The maximum Gasteiger partial charge on any atom is 0.224 e. The summed E-state index contributed by atoms with van der Waals surface area (Å²) in [5.74, 6) is -0.798. The van der Waals surface area contributed by atoms with Gasteiger partial charge in [-0.1, -0.05) is 17.7 Å². The van der Waals surface area contributed by atoms with Crippen molar-refractivity contribution in [2.45, 2.75) is 6.54 Å². The fraction of sp³-hybridized carbons (Fsp3) is 0.500. The highest BCUT2D eigenvalue weighted by molar-refractivity contribution is 6.30. The average molecular weight is 301 g/mol. The Bertz CT molecular complexity index is 498. The van der Waals surface area contributed by atoms with E-state index in [2.05, 4.69) is 5.32 Å². The predicted molar refractivity (Wildman–Crippen MR) is 74.8 cm³/mol. The minimum atomic E-state index is -0.440. The third kappa shape index (κ3) is 3.29. The highest BCUT2D eigenvalue weighted by atomic mass is 35.5. The number of rotatable bonds is 4. The second-order valence-corrected chi connectivity index (χ2v) is 5.51. The summed E-state index contributed by atoms with van der Waals surface area (Å²) in [6, 6.07) is 4.71. The molecule has 4 nitrogen and oxygen atoms in total. The predicted octanol–water partition coefficient (Wildman–Crippen LogP) is 1.27. The smallest absolute Gasteiger partial charge is 0.224 e. The van der Waals surface area contributed by atoms with Crippen LogP contribution in [0.4, 0.5) is 4.39 Å². The third-order valence-electron chi connectivity index (χ3n) is 3.72. The lowest BCUT2D eigenvalue weighted by Crippen LogP contribution is -2.33. The van der Waals surface area contributed by atoms with Crippen molar-refractivity contribution in [3.8, 4) is 0 Å². The molecule has 2 atom stereocenters. The third-order valence-corrected chi connectivity index (χ3v) is 4.03. The van der Waals surface area contributed by atoms with Crippen molar-refractivity contribution in [2.75, 3.05) is 26.7 Å². The van der Waals surface area contributed by atoms with E-state index < -0.39 is 5.82 Å². The molecule has 0 unspecified atom stereocenters. The molecule has 6 heteroatoms. The Labute approximate surface area is 122 Å². The highest BCUT2D eigenvalue weighted by Gasteiger charge is 2.36. The van der Waals surface area contributed by atoms with E-state index in [4.69, 9.17) is 11.6 Å². The van der Waals surface area contributed by atoms with Gasteiger partial charge in [-0.15, -0.1) is 0 Å². The monoisotopic (exact) mass is 300 g/mol. The number of hydrogen-bond acceptors (Lipinski definition) is 3. The molecule has 2 rings (SSSR count). The molecule has 1 amide bonds. The van der Waals surface area contributed by atoms with Crippen LogP contribution in [0.3, 0.4) is 0 Å². The number of halogens is 2. The first kappa shape index (κ1) is 15.2. The number of nitrogens with zero attached hydrogens (tertiary/aromatic N) is 1. The molecule has 0 radical (unpaired) electrons. The van der Waals surface area contributed by atoms with E-state index in [9.17, 15) is 14.3 Å². The van der Waals surface area contributed by atoms with Crippen LogP contribution in [-0.4, -0.2) is 42.7 Å². The van der Waals surface area contributed by atoms with Gasteiger partial charge in [-0.3, -0.25) is 9.69 Å². The summed E-state index contributed by atoms with van der Waals surface area (Å²) in [5.41, 5.74) is 0.807. The van der Waals surface area contributed by atoms with Gasteiger partial charge in [-0.05, 0) is 17.7 Å². The highest BCUT2D eigenvalue weighted by Crippen LogP contribution is 2.25. The number of nitrogens with one attached hydrogen (secondary N) is 1. The lowest BCUT2D eigenvalue weighted by atomic mass is 9.96. The number of likely N-dealkylation sites (tertiary alicyclic amines) is 1. The van der Waals surface area contributed by atoms with E-state index in [1.807, 2.05) is 4.90 Å². The number of aliphatic hydroxyl groups excluding tert-OH is 1. The molecule has 0 saturated carbocycles. The molecule has 1 aliphatic rings. The van der Waals surface area contributed by atoms with E-state index in [1.165, 1.54) is 12.1 Å². The zero-order valence-electron chi connectivity index (χ0n) is 11.3. The van der Waals surface area contributed by atoms with Gasteiger partial charge in [0.2, 0.25) is 5.91 Å². The van der Waals surface area contributed by atoms with Crippen LogP contribution in [0, 0.1) is 17.7 Å². The number of hydrogen-bond donors (Lipinski definition) is 2. The van der Waals surface area contributed by atoms with Crippen LogP contribution in [0.15, 0.2) is 18.2 Å². The second-order valence-electron chi connectivity index (χ2n) is 5.11. The van der Waals surface area contributed by atoms with E-state index in [1.54, 1.807) is 13.1 Å². The summed E-state index contributed by atoms with van der Waals surface area (Å²) in [6.07, 6.45) is 0. The molecule has 1 aromatic carbocycles. The number of amides is 1. The average Bonchev–Trinajstić information content (AvgIpc) is 2.85. The Morgan fingerprint density at radius 1 is 1.55 bits per heavy atom. The lowest BCUT2D eigenvalue weighted by molar-refractivity contribution is -0.125. The van der Waals surface area contributed by atoms with Crippen molar-refractivity contribution in [1.29, 1.82) is 0 Å². The molecule has 1 heterocycles. The number of benzene rings is 1. The van der Waals surface area contributed by atoms with Crippen LogP contribution >= 0.6 is 11.6 Å². The molecule has 0 aromatic heterocycles. The molecule has 110 valence electrons. The topological polar surface area (TPSA) is 52.6 Å². The summed E-state index contributed by atoms with van der Waals surface area (Å²) in [5, 5.41) is 12.1. The van der Waals surface area contributed by atoms with Crippen molar-refractivity contribution in [2.24, 2.45) is 11.8 Å². The minimum Gasteiger partial charge on any atom is -0.396 e. The van der Waals surface area contributed by atoms with Crippen molar-refractivity contribution in [3.63, 3.8) is 0 Å². The number of carbonyl (C=O) groups is 1. The molecule has 0 bridgehead atoms. The first-order valence-electron chi connectivity index (χ1n) is 6.54. The molecule has 1 fully saturated rings. The molecule has 1 saturated heterocycles. The Balaban J connectivity index is 2.04. The second kappa shape index (κ2) is 6.52. The maximum absolute atomic E-state index is 13.4. The Morgan fingerprint density at radius 2 is 2.30 bits per heavy atom. The molecular weight excluding hydrogens is 283 g/mol. The molecule has 1 aromatic rings. The quantitative estimate of drug-likeness (QED) is 0.880. The Kier molecular flexibility index (Phi) is 4.96. The van der Waals surface area contributed by atoms with Crippen molar-refractivity contribution < 1.29 is 14.3 Å². The summed E-state index contributed by atoms with van der Waals surface area (Å²) < 4.78 is 13.4. The van der Waals surface area contributed by atoms with Gasteiger partial charge in [0.1, 0.15) is 5.82 Å². The molecule has 0 aliphatic carbocycles. The number of carbonyl (C=O) groups excluding carboxylic acids is 1. The van der Waals surface area contributed by atoms with Crippen LogP contribution in [0.5, 0.6) is 0 Å². The van der Waals surface area contributed by atoms with Gasteiger partial charge in [-0.25, -0.2) is 4.39 Å². The zero-order valence-corrected chi connectivity index (χ0v) is 12.0. The van der Waals surface area contributed by atoms with Gasteiger partial charge in [0, 0.05) is 39.2 Å². The van der Waals surface area contributed by atoms with E-state index in [0.717, 1.165) is 5.56 Å². The zero-order chi connectivity index (χ0) is 14.7. The first-order valence-corrected chi connectivity index (χ1v) is 6.91. The Morgan fingerprint density at radius 3 is 2.90 bits per heavy atom. The largest absolute Gasteiger partial charge is 0.396 e. The van der Waals surface area contributed by atoms with Gasteiger partial charge in [0.15, 0.2) is 0 Å².